The van der Waals surface area contributed by atoms with Gasteiger partial charge in [-0.3, -0.25) is 4.79 Å². The molecule has 21 heavy (non-hydrogen) atoms. The van der Waals surface area contributed by atoms with E-state index < -0.39 is 6.09 Å². The summed E-state index contributed by atoms with van der Waals surface area (Å²) in [6, 6.07) is 0.0995. The van der Waals surface area contributed by atoms with E-state index in [4.69, 9.17) is 0 Å². The number of aromatic nitrogens is 3. The zero-order valence-electron chi connectivity index (χ0n) is 13.6. The van der Waals surface area contributed by atoms with Crippen molar-refractivity contribution in [3.05, 3.63) is 10.2 Å². The Hall–Kier alpha value is -2.12. The molecule has 0 aliphatic heterocycles. The molecule has 0 bridgehead atoms. The second-order valence-electron chi connectivity index (χ2n) is 5.43. The number of methoxy groups -OCH3 is 1. The molecule has 1 heterocycles. The molecule has 0 N–H and O–H groups in total. The zero-order valence-corrected chi connectivity index (χ0v) is 13.6. The third-order valence-electron chi connectivity index (χ3n) is 2.90. The topological polar surface area (TPSA) is 80.6 Å². The van der Waals surface area contributed by atoms with Crippen molar-refractivity contribution in [1.82, 2.24) is 15.0 Å². The Morgan fingerprint density at radius 3 is 1.95 bits per heavy atom. The van der Waals surface area contributed by atoms with Gasteiger partial charge in [0.1, 0.15) is 0 Å². The highest BCUT2D eigenvalue weighted by atomic mass is 16.5. The summed E-state index contributed by atoms with van der Waals surface area (Å²) in [5, 5.41) is 7.97. The van der Waals surface area contributed by atoms with Crippen LogP contribution < -0.4 is 15.2 Å². The van der Waals surface area contributed by atoms with E-state index in [1.807, 2.05) is 32.6 Å². The van der Waals surface area contributed by atoms with E-state index in [0.717, 1.165) is 4.80 Å². The second kappa shape index (κ2) is 6.55. The molecule has 0 aliphatic carbocycles. The Kier molecular flexibility index (Phi) is 5.28. The average molecular weight is 297 g/mol. The van der Waals surface area contributed by atoms with Crippen LogP contribution in [0.2, 0.25) is 0 Å². The van der Waals surface area contributed by atoms with Gasteiger partial charge in [0.25, 0.3) is 5.43 Å². The van der Waals surface area contributed by atoms with Gasteiger partial charge in [-0.05, 0) is 27.7 Å². The van der Waals surface area contributed by atoms with Crippen LogP contribution in [0.1, 0.15) is 27.7 Å². The number of ether oxygens (including phenoxy) is 1. The maximum absolute atomic E-state index is 12.6. The summed E-state index contributed by atoms with van der Waals surface area (Å²) >= 11 is 0. The standard InChI is InChI=1S/C13H23N5O3/c1-8(2)17(9(3)4)12-10(19)11(16(5)6)14-18(15-12)13(20)21-7/h8-9H,1-7H3. The maximum atomic E-state index is 12.6. The number of rotatable bonds is 4. The first-order valence-corrected chi connectivity index (χ1v) is 6.76. The van der Waals surface area contributed by atoms with Crippen molar-refractivity contribution in [1.29, 1.82) is 0 Å². The van der Waals surface area contributed by atoms with E-state index in [1.165, 1.54) is 7.11 Å². The average Bonchev–Trinajstić information content (AvgIpc) is 2.38. The summed E-state index contributed by atoms with van der Waals surface area (Å²) in [4.78, 5) is 28.4. The van der Waals surface area contributed by atoms with Crippen LogP contribution in [0.5, 0.6) is 0 Å². The van der Waals surface area contributed by atoms with Gasteiger partial charge in [0.2, 0.25) is 11.6 Å². The van der Waals surface area contributed by atoms with Crippen LogP contribution in [0.25, 0.3) is 0 Å². The van der Waals surface area contributed by atoms with Gasteiger partial charge in [-0.15, -0.1) is 10.2 Å². The van der Waals surface area contributed by atoms with Crippen molar-refractivity contribution in [2.45, 2.75) is 39.8 Å². The minimum atomic E-state index is -0.744. The fourth-order valence-electron chi connectivity index (χ4n) is 2.10. The summed E-state index contributed by atoms with van der Waals surface area (Å²) in [6.45, 7) is 7.83. The van der Waals surface area contributed by atoms with Crippen LogP contribution in [-0.2, 0) is 4.74 Å². The molecule has 1 aromatic rings. The lowest BCUT2D eigenvalue weighted by Gasteiger charge is -2.31. The number of carbonyl (C=O) groups excluding carboxylic acids is 1. The lowest BCUT2D eigenvalue weighted by molar-refractivity contribution is 0.163. The molecule has 1 rings (SSSR count). The van der Waals surface area contributed by atoms with Gasteiger partial charge in [0.15, 0.2) is 0 Å². The third-order valence-corrected chi connectivity index (χ3v) is 2.90. The molecule has 0 aliphatic rings. The number of nitrogens with zero attached hydrogens (tertiary/aromatic N) is 5. The van der Waals surface area contributed by atoms with Crippen molar-refractivity contribution in [2.75, 3.05) is 31.0 Å². The summed E-state index contributed by atoms with van der Waals surface area (Å²) in [6.07, 6.45) is -0.744. The van der Waals surface area contributed by atoms with E-state index in [1.54, 1.807) is 19.0 Å². The van der Waals surface area contributed by atoms with Gasteiger partial charge < -0.3 is 14.5 Å². The van der Waals surface area contributed by atoms with Crippen molar-refractivity contribution in [3.8, 4) is 0 Å². The van der Waals surface area contributed by atoms with Gasteiger partial charge >= 0.3 is 6.09 Å². The molecule has 8 heteroatoms. The molecule has 1 aromatic heterocycles. The van der Waals surface area contributed by atoms with E-state index in [-0.39, 0.29) is 29.1 Å². The number of carbonyl (C=O) groups is 1. The Labute approximate surface area is 124 Å². The highest BCUT2D eigenvalue weighted by molar-refractivity contribution is 5.69. The minimum Gasteiger partial charge on any atom is -0.450 e. The van der Waals surface area contributed by atoms with E-state index in [0.29, 0.717) is 0 Å². The van der Waals surface area contributed by atoms with Crippen LogP contribution in [0, 0.1) is 0 Å². The van der Waals surface area contributed by atoms with Gasteiger partial charge in [-0.1, -0.05) is 4.80 Å². The largest absolute Gasteiger partial charge is 0.452 e. The molecular weight excluding hydrogens is 274 g/mol. The minimum absolute atomic E-state index is 0.0497. The predicted octanol–water partition coefficient (Wildman–Crippen LogP) is 0.942. The second-order valence-corrected chi connectivity index (χ2v) is 5.43. The first kappa shape index (κ1) is 16.9. The Morgan fingerprint density at radius 1 is 1.10 bits per heavy atom. The fraction of sp³-hybridized carbons (Fsp3) is 0.692. The van der Waals surface area contributed by atoms with Crippen molar-refractivity contribution in [3.63, 3.8) is 0 Å². The fourth-order valence-corrected chi connectivity index (χ4v) is 2.10. The van der Waals surface area contributed by atoms with Crippen molar-refractivity contribution >= 4 is 17.7 Å². The van der Waals surface area contributed by atoms with E-state index >= 15 is 0 Å². The maximum Gasteiger partial charge on any atom is 0.452 e. The Morgan fingerprint density at radius 2 is 1.57 bits per heavy atom. The smallest absolute Gasteiger partial charge is 0.450 e. The van der Waals surface area contributed by atoms with E-state index in [9.17, 15) is 9.59 Å². The van der Waals surface area contributed by atoms with Gasteiger partial charge in [0.05, 0.1) is 7.11 Å². The van der Waals surface area contributed by atoms with E-state index in [2.05, 4.69) is 14.9 Å². The summed E-state index contributed by atoms with van der Waals surface area (Å²) in [5.74, 6) is 0.320. The normalized spacial score (nSPS) is 10.9. The summed E-state index contributed by atoms with van der Waals surface area (Å²) in [5.41, 5.74) is -0.317. The number of hydrogen-bond acceptors (Lipinski definition) is 7. The van der Waals surface area contributed by atoms with Crippen LogP contribution in [-0.4, -0.2) is 54.4 Å². The van der Waals surface area contributed by atoms with Crippen LogP contribution in [0.15, 0.2) is 4.79 Å². The molecule has 0 unspecified atom stereocenters. The van der Waals surface area contributed by atoms with Crippen molar-refractivity contribution in [2.24, 2.45) is 0 Å². The first-order chi connectivity index (χ1) is 9.70. The molecule has 0 spiro atoms. The van der Waals surface area contributed by atoms with Crippen LogP contribution in [0.3, 0.4) is 0 Å². The first-order valence-electron chi connectivity index (χ1n) is 6.76. The molecule has 0 saturated heterocycles. The lowest BCUT2D eigenvalue weighted by atomic mass is 10.2. The third kappa shape index (κ3) is 3.50. The van der Waals surface area contributed by atoms with Gasteiger partial charge in [0, 0.05) is 26.2 Å². The summed E-state index contributed by atoms with van der Waals surface area (Å²) < 4.78 is 4.63. The lowest BCUT2D eigenvalue weighted by Crippen LogP contribution is -2.43. The molecular formula is C13H23N5O3. The Balaban J connectivity index is 3.59. The molecule has 118 valence electrons. The highest BCUT2D eigenvalue weighted by Gasteiger charge is 2.24. The monoisotopic (exact) mass is 297 g/mol. The van der Waals surface area contributed by atoms with Crippen LogP contribution in [0.4, 0.5) is 16.4 Å². The molecule has 0 amide bonds. The summed E-state index contributed by atoms with van der Waals surface area (Å²) in [7, 11) is 4.61. The zero-order chi connectivity index (χ0) is 16.3. The molecule has 0 aromatic carbocycles. The SMILES string of the molecule is COC(=O)n1nc(N(C)C)c(=O)c(N(C(C)C)C(C)C)n1. The highest BCUT2D eigenvalue weighted by Crippen LogP contribution is 2.15. The predicted molar refractivity (Wildman–Crippen MR) is 81.2 cm³/mol. The Bertz CT molecular complexity index is 557. The molecule has 0 saturated carbocycles. The molecule has 0 fully saturated rings. The molecule has 0 atom stereocenters. The quantitative estimate of drug-likeness (QED) is 0.818. The van der Waals surface area contributed by atoms with Gasteiger partial charge in [-0.25, -0.2) is 4.79 Å². The number of hydrogen-bond donors (Lipinski definition) is 0. The molecule has 8 nitrogen and oxygen atoms in total. The van der Waals surface area contributed by atoms with Crippen LogP contribution >= 0.6 is 0 Å². The molecule has 0 radical (unpaired) electrons. The number of anilines is 2. The van der Waals surface area contributed by atoms with Crippen molar-refractivity contribution < 1.29 is 9.53 Å². The van der Waals surface area contributed by atoms with Gasteiger partial charge in [-0.2, -0.15) is 0 Å².